The molecule has 1 saturated carbocycles. The van der Waals surface area contributed by atoms with Crippen LogP contribution in [-0.2, 0) is 6.42 Å². The lowest BCUT2D eigenvalue weighted by molar-refractivity contribution is 0.0937. The van der Waals surface area contributed by atoms with Crippen LogP contribution in [0.25, 0.3) is 16.9 Å². The lowest BCUT2D eigenvalue weighted by atomic mass is 10.0. The fourth-order valence-electron chi connectivity index (χ4n) is 4.83. The maximum atomic E-state index is 14.8. The van der Waals surface area contributed by atoms with Gasteiger partial charge in [-0.05, 0) is 61.6 Å². The van der Waals surface area contributed by atoms with Gasteiger partial charge < -0.3 is 21.1 Å². The maximum absolute atomic E-state index is 14.8. The molecule has 1 aliphatic rings. The first-order valence-electron chi connectivity index (χ1n) is 12.2. The minimum Gasteiger partial charge on any atom is -0.494 e. The van der Waals surface area contributed by atoms with Crippen LogP contribution in [0.3, 0.4) is 0 Å². The molecule has 2 aromatic heterocycles. The first-order chi connectivity index (χ1) is 17.9. The summed E-state index contributed by atoms with van der Waals surface area (Å²) in [4.78, 5) is 21.7. The van der Waals surface area contributed by atoms with E-state index in [1.165, 1.54) is 25.4 Å². The molecule has 2 aromatic carbocycles. The van der Waals surface area contributed by atoms with Gasteiger partial charge in [-0.2, -0.15) is 4.39 Å². The Morgan fingerprint density at radius 2 is 2.03 bits per heavy atom. The summed E-state index contributed by atoms with van der Waals surface area (Å²) < 4.78 is 35.6. The van der Waals surface area contributed by atoms with Gasteiger partial charge in [0.05, 0.1) is 19.0 Å². The van der Waals surface area contributed by atoms with E-state index >= 15 is 0 Å². The summed E-state index contributed by atoms with van der Waals surface area (Å²) in [5.41, 5.74) is 9.07. The molecule has 8 nitrogen and oxygen atoms in total. The number of fused-ring (bicyclic) bond motifs is 1. The second kappa shape index (κ2) is 10.1. The van der Waals surface area contributed by atoms with Crippen molar-refractivity contribution in [3.8, 4) is 17.0 Å². The number of nitrogens with one attached hydrogen (secondary N) is 2. The van der Waals surface area contributed by atoms with Crippen LogP contribution in [0, 0.1) is 11.6 Å². The predicted octanol–water partition coefficient (Wildman–Crippen LogP) is 4.60. The molecule has 1 fully saturated rings. The van der Waals surface area contributed by atoms with Crippen molar-refractivity contribution >= 4 is 23.1 Å². The first kappa shape index (κ1) is 24.6. The molecule has 2 heterocycles. The Balaban J connectivity index is 1.42. The molecule has 0 spiro atoms. The van der Waals surface area contributed by atoms with Crippen LogP contribution in [0.5, 0.6) is 5.75 Å². The van der Waals surface area contributed by atoms with E-state index in [0.29, 0.717) is 29.1 Å². The zero-order chi connectivity index (χ0) is 26.1. The summed E-state index contributed by atoms with van der Waals surface area (Å²) in [6.07, 6.45) is 7.91. The number of aromatic nitrogens is 3. The average Bonchev–Trinajstić information content (AvgIpc) is 3.52. The van der Waals surface area contributed by atoms with Crippen molar-refractivity contribution in [3.63, 3.8) is 0 Å². The van der Waals surface area contributed by atoms with Gasteiger partial charge in [0, 0.05) is 41.3 Å². The van der Waals surface area contributed by atoms with Gasteiger partial charge in [0.15, 0.2) is 23.0 Å². The third-order valence-corrected chi connectivity index (χ3v) is 6.77. The third kappa shape index (κ3) is 4.72. The number of halogens is 2. The Hall–Kier alpha value is -4.05. The molecule has 192 valence electrons. The van der Waals surface area contributed by atoms with E-state index in [9.17, 15) is 13.6 Å². The molecule has 1 aliphatic carbocycles. The number of methoxy groups -OCH3 is 1. The fraction of sp³-hybridized carbons (Fsp3) is 0.296. The highest BCUT2D eigenvalue weighted by Gasteiger charge is 2.24. The number of ether oxygens (including phenoxy) is 1. The Morgan fingerprint density at radius 1 is 1.19 bits per heavy atom. The van der Waals surface area contributed by atoms with Crippen molar-refractivity contribution < 1.29 is 18.3 Å². The van der Waals surface area contributed by atoms with Crippen LogP contribution in [0.2, 0.25) is 0 Å². The summed E-state index contributed by atoms with van der Waals surface area (Å²) in [5, 5.41) is 6.34. The van der Waals surface area contributed by atoms with Gasteiger partial charge in [0.25, 0.3) is 5.91 Å². The zero-order valence-corrected chi connectivity index (χ0v) is 20.6. The van der Waals surface area contributed by atoms with Crippen LogP contribution in [0.15, 0.2) is 48.9 Å². The minimum atomic E-state index is -1.06. The highest BCUT2D eigenvalue weighted by atomic mass is 19.2. The first-order valence-corrected chi connectivity index (χ1v) is 12.2. The molecule has 2 atom stereocenters. The fourth-order valence-corrected chi connectivity index (χ4v) is 4.83. The van der Waals surface area contributed by atoms with Gasteiger partial charge in [0.1, 0.15) is 0 Å². The molecule has 10 heteroatoms. The molecular weight excluding hydrogens is 478 g/mol. The number of benzene rings is 2. The number of hydrogen-bond acceptors (Lipinski definition) is 6. The number of aryl methyl sites for hydroxylation is 1. The maximum Gasteiger partial charge on any atom is 0.251 e. The van der Waals surface area contributed by atoms with Crippen molar-refractivity contribution in [2.75, 3.05) is 12.4 Å². The second-order valence-corrected chi connectivity index (χ2v) is 9.15. The Labute approximate surface area is 212 Å². The summed E-state index contributed by atoms with van der Waals surface area (Å²) in [6.45, 7) is 1.99. The van der Waals surface area contributed by atoms with E-state index in [1.54, 1.807) is 22.9 Å². The molecule has 4 N–H and O–H groups in total. The van der Waals surface area contributed by atoms with E-state index in [1.807, 2.05) is 19.1 Å². The van der Waals surface area contributed by atoms with Gasteiger partial charge in [-0.1, -0.05) is 6.92 Å². The number of carbonyl (C=O) groups is 1. The van der Waals surface area contributed by atoms with E-state index in [-0.39, 0.29) is 29.3 Å². The zero-order valence-electron chi connectivity index (χ0n) is 20.6. The second-order valence-electron chi connectivity index (χ2n) is 9.15. The summed E-state index contributed by atoms with van der Waals surface area (Å²) in [6, 6.07) is 8.57. The van der Waals surface area contributed by atoms with Crippen molar-refractivity contribution in [1.82, 2.24) is 19.7 Å². The molecule has 0 bridgehead atoms. The van der Waals surface area contributed by atoms with Crippen molar-refractivity contribution in [2.24, 2.45) is 5.73 Å². The monoisotopic (exact) mass is 506 g/mol. The summed E-state index contributed by atoms with van der Waals surface area (Å²) in [7, 11) is 1.28. The van der Waals surface area contributed by atoms with Crippen LogP contribution in [-0.4, -0.2) is 39.5 Å². The molecule has 0 aliphatic heterocycles. The molecule has 37 heavy (non-hydrogen) atoms. The number of nitrogens with two attached hydrogens (primary N) is 1. The smallest absolute Gasteiger partial charge is 0.251 e. The number of anilines is 2. The van der Waals surface area contributed by atoms with Gasteiger partial charge in [0.2, 0.25) is 5.82 Å². The normalized spacial score (nSPS) is 17.2. The van der Waals surface area contributed by atoms with Crippen molar-refractivity contribution in [1.29, 1.82) is 0 Å². The van der Waals surface area contributed by atoms with E-state index in [0.717, 1.165) is 30.5 Å². The number of hydrogen-bond donors (Lipinski definition) is 3. The Bertz CT molecular complexity index is 1470. The quantitative estimate of drug-likeness (QED) is 0.338. The lowest BCUT2D eigenvalue weighted by Crippen LogP contribution is -2.34. The average molecular weight is 507 g/mol. The number of carbonyl (C=O) groups excluding carboxylic acids is 1. The number of nitrogens with zero attached hydrogens (tertiary/aromatic N) is 3. The van der Waals surface area contributed by atoms with E-state index < -0.39 is 11.6 Å². The Morgan fingerprint density at radius 3 is 2.76 bits per heavy atom. The summed E-state index contributed by atoms with van der Waals surface area (Å²) in [5.74, 6) is -1.92. The molecule has 0 radical (unpaired) electrons. The molecule has 1 amide bonds. The van der Waals surface area contributed by atoms with Crippen molar-refractivity contribution in [2.45, 2.75) is 44.7 Å². The van der Waals surface area contributed by atoms with E-state index in [4.69, 9.17) is 10.5 Å². The standard InChI is InChI=1S/C27H28F2N6O2/c1-3-15-12-17(6-7-19(15)27(36)34-18-5-4-16(30)13-18)33-25-26-32-14-21(35(26)11-10-31-25)20-8-9-22(37-2)24(29)23(20)28/h6-12,14,16,18H,3-5,13,30H2,1-2H3,(H,31,33)(H,34,36). The van der Waals surface area contributed by atoms with Crippen LogP contribution in [0.1, 0.15) is 42.1 Å². The molecule has 0 saturated heterocycles. The molecule has 5 rings (SSSR count). The molecule has 4 aromatic rings. The number of imidazole rings is 1. The highest BCUT2D eigenvalue weighted by Crippen LogP contribution is 2.31. The topological polar surface area (TPSA) is 107 Å². The van der Waals surface area contributed by atoms with Crippen LogP contribution >= 0.6 is 0 Å². The number of amides is 1. The SMILES string of the molecule is CCc1cc(Nc2nccn3c(-c4ccc(OC)c(F)c4F)cnc23)ccc1C(=O)NC1CCC(N)C1. The van der Waals surface area contributed by atoms with Gasteiger partial charge in [-0.25, -0.2) is 14.4 Å². The van der Waals surface area contributed by atoms with Crippen LogP contribution in [0.4, 0.5) is 20.3 Å². The third-order valence-electron chi connectivity index (χ3n) is 6.77. The highest BCUT2D eigenvalue weighted by molar-refractivity contribution is 5.96. The minimum absolute atomic E-state index is 0.0507. The largest absolute Gasteiger partial charge is 0.494 e. The van der Waals surface area contributed by atoms with Gasteiger partial charge >= 0.3 is 0 Å². The van der Waals surface area contributed by atoms with E-state index in [2.05, 4.69) is 20.6 Å². The van der Waals surface area contributed by atoms with Gasteiger partial charge in [-0.15, -0.1) is 0 Å². The summed E-state index contributed by atoms with van der Waals surface area (Å²) >= 11 is 0. The molecule has 2 unspecified atom stereocenters. The lowest BCUT2D eigenvalue weighted by Gasteiger charge is -2.16. The van der Waals surface area contributed by atoms with Crippen molar-refractivity contribution in [3.05, 3.63) is 71.7 Å². The predicted molar refractivity (Wildman–Crippen MR) is 137 cm³/mol. The van der Waals surface area contributed by atoms with Gasteiger partial charge in [-0.3, -0.25) is 9.20 Å². The molecular formula is C27H28F2N6O2. The Kier molecular flexibility index (Phi) is 6.75. The number of rotatable bonds is 7. The van der Waals surface area contributed by atoms with Crippen LogP contribution < -0.4 is 21.1 Å².